The summed E-state index contributed by atoms with van der Waals surface area (Å²) in [7, 11) is 0. The number of hydrogen-bond donors (Lipinski definition) is 2. The summed E-state index contributed by atoms with van der Waals surface area (Å²) in [6, 6.07) is 10.9. The van der Waals surface area contributed by atoms with Crippen molar-refractivity contribution in [3.8, 4) is 5.75 Å². The number of esters is 1. The van der Waals surface area contributed by atoms with Crippen molar-refractivity contribution in [2.24, 2.45) is 0 Å². The average Bonchev–Trinajstić information content (AvgIpc) is 3.25. The number of phenols is 1. The Morgan fingerprint density at radius 2 is 2.10 bits per heavy atom. The van der Waals surface area contributed by atoms with Gasteiger partial charge in [0.2, 0.25) is 0 Å². The van der Waals surface area contributed by atoms with E-state index in [2.05, 4.69) is 11.4 Å². The summed E-state index contributed by atoms with van der Waals surface area (Å²) < 4.78 is 5.45. The molecule has 1 aliphatic carbocycles. The molecule has 2 aromatic rings. The van der Waals surface area contributed by atoms with Gasteiger partial charge in [-0.25, -0.2) is 4.79 Å². The van der Waals surface area contributed by atoms with Gasteiger partial charge in [0.05, 0.1) is 12.2 Å². The number of rotatable bonds is 5. The van der Waals surface area contributed by atoms with Crippen LogP contribution in [0.4, 0.5) is 0 Å². The van der Waals surface area contributed by atoms with Gasteiger partial charge < -0.3 is 15.2 Å². The lowest BCUT2D eigenvalue weighted by atomic mass is 9.72. The van der Waals surface area contributed by atoms with Crippen molar-refractivity contribution in [3.05, 3.63) is 74.8 Å². The van der Waals surface area contributed by atoms with Crippen molar-refractivity contribution in [3.63, 3.8) is 0 Å². The van der Waals surface area contributed by atoms with Crippen LogP contribution in [-0.4, -0.2) is 23.5 Å². The molecule has 0 radical (unpaired) electrons. The smallest absolute Gasteiger partial charge is 0.336 e. The third kappa shape index (κ3) is 3.79. The van der Waals surface area contributed by atoms with Crippen LogP contribution in [0.25, 0.3) is 0 Å². The highest BCUT2D eigenvalue weighted by Gasteiger charge is 2.41. The number of ketones is 1. The Kier molecular flexibility index (Phi) is 5.77. The lowest BCUT2D eigenvalue weighted by molar-refractivity contribution is -0.139. The lowest BCUT2D eigenvalue weighted by Gasteiger charge is -2.36. The highest BCUT2D eigenvalue weighted by Crippen LogP contribution is 2.46. The molecule has 0 saturated carbocycles. The molecular formula is C24H25NO4S. The molecule has 4 rings (SSSR count). The van der Waals surface area contributed by atoms with Gasteiger partial charge in [-0.2, -0.15) is 0 Å². The molecule has 6 heteroatoms. The molecule has 5 nitrogen and oxygen atoms in total. The Morgan fingerprint density at radius 1 is 1.27 bits per heavy atom. The fourth-order valence-electron chi connectivity index (χ4n) is 4.34. The molecule has 156 valence electrons. The number of thiophene rings is 1. The van der Waals surface area contributed by atoms with Crippen molar-refractivity contribution in [1.82, 2.24) is 5.32 Å². The van der Waals surface area contributed by atoms with Crippen LogP contribution < -0.4 is 5.32 Å². The maximum atomic E-state index is 13.4. The molecule has 0 saturated heterocycles. The maximum absolute atomic E-state index is 13.4. The number of aromatic hydroxyl groups is 1. The maximum Gasteiger partial charge on any atom is 0.336 e. The van der Waals surface area contributed by atoms with E-state index in [0.717, 1.165) is 17.7 Å². The number of carbonyl (C=O) groups excluding carboxylic acids is 2. The van der Waals surface area contributed by atoms with Gasteiger partial charge in [0, 0.05) is 40.1 Å². The highest BCUT2D eigenvalue weighted by atomic mass is 32.1. The van der Waals surface area contributed by atoms with Gasteiger partial charge >= 0.3 is 5.97 Å². The zero-order chi connectivity index (χ0) is 21.3. The van der Waals surface area contributed by atoms with Crippen molar-refractivity contribution < 1.29 is 19.4 Å². The Bertz CT molecular complexity index is 1040. The number of benzene rings is 1. The molecule has 2 atom stereocenters. The zero-order valence-electron chi connectivity index (χ0n) is 17.1. The van der Waals surface area contributed by atoms with E-state index in [0.29, 0.717) is 36.3 Å². The highest BCUT2D eigenvalue weighted by molar-refractivity contribution is 7.10. The van der Waals surface area contributed by atoms with Crippen LogP contribution in [0.1, 0.15) is 55.4 Å². The van der Waals surface area contributed by atoms with Crippen LogP contribution in [0.3, 0.4) is 0 Å². The first-order chi connectivity index (χ1) is 14.5. The summed E-state index contributed by atoms with van der Waals surface area (Å²) in [5.41, 5.74) is 3.33. The second-order valence-corrected chi connectivity index (χ2v) is 8.74. The van der Waals surface area contributed by atoms with Gasteiger partial charge in [0.25, 0.3) is 0 Å². The molecule has 1 aromatic heterocycles. The first kappa shape index (κ1) is 20.4. The predicted molar refractivity (Wildman–Crippen MR) is 116 cm³/mol. The molecule has 2 N–H and O–H groups in total. The summed E-state index contributed by atoms with van der Waals surface area (Å²) in [5, 5.41) is 15.4. The molecular weight excluding hydrogens is 398 g/mol. The molecule has 1 aromatic carbocycles. The summed E-state index contributed by atoms with van der Waals surface area (Å²) in [6.45, 7) is 4.11. The largest absolute Gasteiger partial charge is 0.508 e. The minimum absolute atomic E-state index is 0.0313. The van der Waals surface area contributed by atoms with Gasteiger partial charge in [-0.05, 0) is 48.9 Å². The van der Waals surface area contributed by atoms with Crippen LogP contribution in [0.15, 0.2) is 64.3 Å². The molecule has 1 aliphatic heterocycles. The van der Waals surface area contributed by atoms with Gasteiger partial charge in [-0.3, -0.25) is 4.79 Å². The van der Waals surface area contributed by atoms with Crippen molar-refractivity contribution in [1.29, 1.82) is 0 Å². The van der Waals surface area contributed by atoms with Crippen LogP contribution in [0.2, 0.25) is 0 Å². The minimum atomic E-state index is -0.547. The third-order valence-electron chi connectivity index (χ3n) is 5.63. The Hall–Kier alpha value is -2.86. The van der Waals surface area contributed by atoms with E-state index in [9.17, 15) is 14.7 Å². The van der Waals surface area contributed by atoms with Gasteiger partial charge in [0.1, 0.15) is 5.75 Å². The van der Waals surface area contributed by atoms with E-state index in [-0.39, 0.29) is 17.5 Å². The number of carbonyl (C=O) groups is 2. The van der Waals surface area contributed by atoms with Gasteiger partial charge in [-0.15, -0.1) is 11.3 Å². The fraction of sp³-hybridized carbons (Fsp3) is 0.333. The van der Waals surface area contributed by atoms with E-state index in [1.54, 1.807) is 29.5 Å². The number of hydrogen-bond acceptors (Lipinski definition) is 6. The number of nitrogens with one attached hydrogen (secondary N) is 1. The number of allylic oxidation sites excluding steroid dienone is 3. The Labute approximate surface area is 180 Å². The van der Waals surface area contributed by atoms with Gasteiger partial charge in [-0.1, -0.05) is 25.1 Å². The second kappa shape index (κ2) is 8.48. The number of ether oxygens (including phenoxy) is 1. The normalized spacial score (nSPS) is 21.3. The molecule has 30 heavy (non-hydrogen) atoms. The quantitative estimate of drug-likeness (QED) is 0.678. The zero-order valence-corrected chi connectivity index (χ0v) is 17.9. The number of dihydropyridines is 1. The van der Waals surface area contributed by atoms with E-state index in [1.807, 2.05) is 31.4 Å². The van der Waals surface area contributed by atoms with Crippen LogP contribution in [0.5, 0.6) is 5.75 Å². The van der Waals surface area contributed by atoms with Crippen molar-refractivity contribution >= 4 is 23.1 Å². The van der Waals surface area contributed by atoms with E-state index in [4.69, 9.17) is 4.74 Å². The Balaban J connectivity index is 1.79. The summed E-state index contributed by atoms with van der Waals surface area (Å²) >= 11 is 1.66. The van der Waals surface area contributed by atoms with Crippen molar-refractivity contribution in [2.45, 2.75) is 44.9 Å². The van der Waals surface area contributed by atoms with E-state index < -0.39 is 11.9 Å². The first-order valence-corrected chi connectivity index (χ1v) is 11.1. The second-order valence-electron chi connectivity index (χ2n) is 7.76. The predicted octanol–water partition coefficient (Wildman–Crippen LogP) is 4.77. The monoisotopic (exact) mass is 423 g/mol. The van der Waals surface area contributed by atoms with Crippen LogP contribution >= 0.6 is 11.3 Å². The number of Topliss-reactive ketones (excluding diaryl/α,β-unsaturated/α-hetero) is 1. The molecule has 0 amide bonds. The first-order valence-electron chi connectivity index (χ1n) is 10.2. The molecule has 2 aliphatic rings. The van der Waals surface area contributed by atoms with E-state index in [1.165, 1.54) is 4.88 Å². The third-order valence-corrected chi connectivity index (χ3v) is 6.67. The fourth-order valence-corrected chi connectivity index (χ4v) is 5.18. The lowest BCUT2D eigenvalue weighted by Crippen LogP contribution is -2.36. The molecule has 0 spiro atoms. The van der Waals surface area contributed by atoms with Gasteiger partial charge in [0.15, 0.2) is 5.78 Å². The topological polar surface area (TPSA) is 75.6 Å². The molecule has 2 heterocycles. The standard InChI is InChI=1S/C24H25NO4S/c1-3-9-29-24(28)21-14(2)25-18-12-16(20-8-5-10-30-20)13-19(27)23(18)22(21)15-6-4-7-17(26)11-15/h4-8,10-11,16,22,25-26H,3,9,12-13H2,1-2H3/t16-,22+/m1/s1. The molecule has 0 fully saturated rings. The Morgan fingerprint density at radius 3 is 2.80 bits per heavy atom. The molecule has 0 unspecified atom stereocenters. The summed E-state index contributed by atoms with van der Waals surface area (Å²) in [6.07, 6.45) is 1.84. The number of phenolic OH excluding ortho intramolecular Hbond substituents is 1. The minimum Gasteiger partial charge on any atom is -0.508 e. The summed E-state index contributed by atoms with van der Waals surface area (Å²) in [4.78, 5) is 27.5. The van der Waals surface area contributed by atoms with Crippen LogP contribution in [-0.2, 0) is 14.3 Å². The average molecular weight is 424 g/mol. The summed E-state index contributed by atoms with van der Waals surface area (Å²) in [5.74, 6) is -0.699. The van der Waals surface area contributed by atoms with E-state index >= 15 is 0 Å². The van der Waals surface area contributed by atoms with Crippen molar-refractivity contribution in [2.75, 3.05) is 6.61 Å². The SMILES string of the molecule is CCCOC(=O)C1=C(C)NC2=C(C(=O)C[C@H](c3cccs3)C2)[C@H]1c1cccc(O)c1. The van der Waals surface area contributed by atoms with Crippen LogP contribution in [0, 0.1) is 0 Å². The molecule has 0 bridgehead atoms.